The molecule has 7 nitrogen and oxygen atoms in total. The minimum absolute atomic E-state index is 0.177. The van der Waals surface area contributed by atoms with Crippen molar-refractivity contribution in [3.05, 3.63) is 41.2 Å². The first-order valence-electron chi connectivity index (χ1n) is 6.98. The smallest absolute Gasteiger partial charge is 0.299 e. The van der Waals surface area contributed by atoms with Crippen molar-refractivity contribution in [3.8, 4) is 23.8 Å². The molecule has 0 N–H and O–H groups in total. The van der Waals surface area contributed by atoms with E-state index in [0.29, 0.717) is 16.3 Å². The van der Waals surface area contributed by atoms with Crippen molar-refractivity contribution in [1.82, 2.24) is 14.5 Å². The van der Waals surface area contributed by atoms with Gasteiger partial charge in [-0.1, -0.05) is 17.3 Å². The summed E-state index contributed by atoms with van der Waals surface area (Å²) in [5.41, 5.74) is 1.02. The summed E-state index contributed by atoms with van der Waals surface area (Å²) in [7, 11) is 0. The molecule has 0 unspecified atom stereocenters. The molecule has 0 aliphatic carbocycles. The van der Waals surface area contributed by atoms with Gasteiger partial charge in [-0.25, -0.2) is 4.98 Å². The topological polar surface area (TPSA) is 78.6 Å². The lowest BCUT2D eigenvalue weighted by Gasteiger charge is -2.01. The molecule has 4 rings (SSSR count). The van der Waals surface area contributed by atoms with Gasteiger partial charge in [-0.15, -0.1) is 6.42 Å². The van der Waals surface area contributed by atoms with E-state index in [2.05, 4.69) is 20.9 Å². The van der Waals surface area contributed by atoms with E-state index < -0.39 is 5.91 Å². The second-order valence-electron chi connectivity index (χ2n) is 4.86. The molecule has 0 spiro atoms. The predicted molar refractivity (Wildman–Crippen MR) is 86.7 cm³/mol. The molecule has 1 amide bonds. The molecule has 0 saturated carbocycles. The summed E-state index contributed by atoms with van der Waals surface area (Å²) in [4.78, 5) is 24.8. The average Bonchev–Trinajstić information content (AvgIpc) is 3.18. The molecule has 3 aromatic rings. The molecule has 3 heterocycles. The lowest BCUT2D eigenvalue weighted by atomic mass is 10.3. The molecule has 1 aromatic carbocycles. The highest BCUT2D eigenvalue weighted by Gasteiger charge is 2.18. The highest BCUT2D eigenvalue weighted by molar-refractivity contribution is 7.16. The third-order valence-electron chi connectivity index (χ3n) is 3.41. The number of amides is 1. The van der Waals surface area contributed by atoms with Gasteiger partial charge in [0.05, 0.1) is 23.0 Å². The van der Waals surface area contributed by atoms with Crippen LogP contribution in [0.15, 0.2) is 35.7 Å². The Bertz CT molecular complexity index is 1050. The zero-order valence-corrected chi connectivity index (χ0v) is 13.1. The number of ether oxygens (including phenoxy) is 2. The number of carbonyl (C=O) groups is 1. The van der Waals surface area contributed by atoms with Crippen molar-refractivity contribution in [2.24, 2.45) is 4.99 Å². The van der Waals surface area contributed by atoms with E-state index in [1.54, 1.807) is 4.57 Å². The molecular weight excluding hydrogens is 328 g/mol. The number of nitrogens with zero attached hydrogens (tertiary/aromatic N) is 4. The summed E-state index contributed by atoms with van der Waals surface area (Å²) < 4.78 is 13.5. The average molecular weight is 338 g/mol. The van der Waals surface area contributed by atoms with Gasteiger partial charge in [-0.2, -0.15) is 4.99 Å². The molecule has 0 fully saturated rings. The quantitative estimate of drug-likeness (QED) is 0.663. The minimum Gasteiger partial charge on any atom is -0.454 e. The molecule has 2 aromatic heterocycles. The number of carbonyl (C=O) groups excluding carboxylic acids is 1. The van der Waals surface area contributed by atoms with Crippen LogP contribution in [0.5, 0.6) is 11.5 Å². The Morgan fingerprint density at radius 2 is 2.21 bits per heavy atom. The van der Waals surface area contributed by atoms with Crippen LogP contribution in [0.25, 0.3) is 10.2 Å². The zero-order chi connectivity index (χ0) is 16.5. The monoisotopic (exact) mass is 338 g/mol. The first-order chi connectivity index (χ1) is 11.8. The summed E-state index contributed by atoms with van der Waals surface area (Å²) in [5, 5.41) is 0. The number of fused-ring (bicyclic) bond motifs is 2. The van der Waals surface area contributed by atoms with E-state index in [0.717, 1.165) is 10.2 Å². The number of thiazole rings is 1. The molecule has 0 bridgehead atoms. The third kappa shape index (κ3) is 2.41. The normalized spacial score (nSPS) is 13.2. The maximum absolute atomic E-state index is 12.3. The molecule has 0 atom stereocenters. The first-order valence-corrected chi connectivity index (χ1v) is 7.79. The van der Waals surface area contributed by atoms with Crippen molar-refractivity contribution < 1.29 is 14.3 Å². The van der Waals surface area contributed by atoms with Crippen molar-refractivity contribution >= 4 is 27.5 Å². The fourth-order valence-corrected chi connectivity index (χ4v) is 3.38. The number of rotatable bonds is 2. The number of benzene rings is 1. The van der Waals surface area contributed by atoms with E-state index in [9.17, 15) is 4.79 Å². The van der Waals surface area contributed by atoms with Crippen LogP contribution in [0.4, 0.5) is 0 Å². The summed E-state index contributed by atoms with van der Waals surface area (Å²) in [6, 6.07) is 3.71. The van der Waals surface area contributed by atoms with Crippen molar-refractivity contribution in [1.29, 1.82) is 0 Å². The van der Waals surface area contributed by atoms with Crippen LogP contribution < -0.4 is 14.3 Å². The first kappa shape index (κ1) is 14.4. The van der Waals surface area contributed by atoms with Crippen LogP contribution in [-0.2, 0) is 6.54 Å². The fourth-order valence-electron chi connectivity index (χ4n) is 2.34. The minimum atomic E-state index is -0.472. The van der Waals surface area contributed by atoms with Gasteiger partial charge < -0.3 is 14.0 Å². The van der Waals surface area contributed by atoms with Crippen LogP contribution >= 0.6 is 11.3 Å². The lowest BCUT2D eigenvalue weighted by Crippen LogP contribution is -2.16. The van der Waals surface area contributed by atoms with Crippen LogP contribution in [0.1, 0.15) is 10.5 Å². The zero-order valence-electron chi connectivity index (χ0n) is 12.3. The Hall–Kier alpha value is -3.18. The van der Waals surface area contributed by atoms with Crippen molar-refractivity contribution in [2.45, 2.75) is 6.54 Å². The van der Waals surface area contributed by atoms with Gasteiger partial charge in [-0.3, -0.25) is 9.78 Å². The second kappa shape index (κ2) is 5.79. The van der Waals surface area contributed by atoms with E-state index in [1.807, 2.05) is 12.1 Å². The van der Waals surface area contributed by atoms with Crippen molar-refractivity contribution in [2.75, 3.05) is 6.79 Å². The van der Waals surface area contributed by atoms with Crippen LogP contribution in [0.2, 0.25) is 0 Å². The Kier molecular flexibility index (Phi) is 3.48. The lowest BCUT2D eigenvalue weighted by molar-refractivity contribution is 0.0993. The van der Waals surface area contributed by atoms with Crippen LogP contribution in [-0.4, -0.2) is 27.2 Å². The Morgan fingerprint density at radius 1 is 1.38 bits per heavy atom. The summed E-state index contributed by atoms with van der Waals surface area (Å²) in [6.07, 6.45) is 9.78. The maximum atomic E-state index is 12.3. The van der Waals surface area contributed by atoms with E-state index in [-0.39, 0.29) is 19.0 Å². The number of hydrogen-bond acceptors (Lipinski definition) is 6. The predicted octanol–water partition coefficient (Wildman–Crippen LogP) is 1.60. The van der Waals surface area contributed by atoms with Gasteiger partial charge in [0, 0.05) is 24.5 Å². The Morgan fingerprint density at radius 3 is 2.96 bits per heavy atom. The molecule has 24 heavy (non-hydrogen) atoms. The number of aromatic nitrogens is 3. The van der Waals surface area contributed by atoms with E-state index in [1.165, 1.54) is 29.9 Å². The summed E-state index contributed by atoms with van der Waals surface area (Å²) in [5.74, 6) is 3.43. The SMILES string of the molecule is C#CCn1c(=NC(=O)c2cnccn2)sc2cc3c(cc21)OCO3. The molecular formula is C16H10N4O3S. The summed E-state index contributed by atoms with van der Waals surface area (Å²) >= 11 is 1.35. The Balaban J connectivity index is 1.89. The maximum Gasteiger partial charge on any atom is 0.299 e. The van der Waals surface area contributed by atoms with E-state index in [4.69, 9.17) is 15.9 Å². The number of terminal acetylenes is 1. The van der Waals surface area contributed by atoms with E-state index >= 15 is 0 Å². The third-order valence-corrected chi connectivity index (χ3v) is 4.45. The molecule has 0 radical (unpaired) electrons. The molecule has 0 saturated heterocycles. The standard InChI is InChI=1S/C16H10N4O3S/c1-2-5-20-11-6-12-13(23-9-22-12)7-14(11)24-16(20)19-15(21)10-8-17-3-4-18-10/h1,3-4,6-8H,5,9H2. The highest BCUT2D eigenvalue weighted by atomic mass is 32.1. The Labute approximate surface area is 140 Å². The van der Waals surface area contributed by atoms with Gasteiger partial charge in [0.1, 0.15) is 5.69 Å². The molecule has 8 heteroatoms. The van der Waals surface area contributed by atoms with Crippen LogP contribution in [0, 0.1) is 12.3 Å². The van der Waals surface area contributed by atoms with Crippen molar-refractivity contribution in [3.63, 3.8) is 0 Å². The molecule has 118 valence electrons. The fraction of sp³-hybridized carbons (Fsp3) is 0.125. The second-order valence-corrected chi connectivity index (χ2v) is 5.86. The van der Waals surface area contributed by atoms with Gasteiger partial charge >= 0.3 is 0 Å². The van der Waals surface area contributed by atoms with Gasteiger partial charge in [0.2, 0.25) is 6.79 Å². The summed E-state index contributed by atoms with van der Waals surface area (Å²) in [6.45, 7) is 0.483. The van der Waals surface area contributed by atoms with Gasteiger partial charge in [0.15, 0.2) is 16.3 Å². The van der Waals surface area contributed by atoms with Crippen LogP contribution in [0.3, 0.4) is 0 Å². The largest absolute Gasteiger partial charge is 0.454 e. The molecule has 1 aliphatic rings. The van der Waals surface area contributed by atoms with Gasteiger partial charge in [0.25, 0.3) is 5.91 Å². The highest BCUT2D eigenvalue weighted by Crippen LogP contribution is 2.36. The number of hydrogen-bond donors (Lipinski definition) is 0. The molecule has 1 aliphatic heterocycles. The van der Waals surface area contributed by atoms with Gasteiger partial charge in [-0.05, 0) is 0 Å².